The van der Waals surface area contributed by atoms with Gasteiger partial charge >= 0.3 is 0 Å². The molecule has 1 aromatic carbocycles. The summed E-state index contributed by atoms with van der Waals surface area (Å²) in [6.07, 6.45) is 1.41. The second-order valence-electron chi connectivity index (χ2n) is 9.00. The lowest BCUT2D eigenvalue weighted by Crippen LogP contribution is -2.52. The van der Waals surface area contributed by atoms with Gasteiger partial charge in [0.1, 0.15) is 23.1 Å². The summed E-state index contributed by atoms with van der Waals surface area (Å²) in [5.74, 6) is 0.851. The molecular weight excluding hydrogens is 372 g/mol. The molecule has 1 saturated heterocycles. The summed E-state index contributed by atoms with van der Waals surface area (Å²) >= 11 is 0. The molecule has 7 nitrogen and oxygen atoms in total. The SMILES string of the molecule is COc1ccc2c(c1)OC1(CCC(=O)N(C(C)C(=O)NC(C)(C)C)CC1)CC2=O. The lowest BCUT2D eigenvalue weighted by Gasteiger charge is -2.37. The first-order valence-corrected chi connectivity index (χ1v) is 10.1. The van der Waals surface area contributed by atoms with Crippen LogP contribution < -0.4 is 14.8 Å². The number of carbonyl (C=O) groups excluding carboxylic acids is 3. The summed E-state index contributed by atoms with van der Waals surface area (Å²) in [5, 5.41) is 2.93. The number of fused-ring (bicyclic) bond motifs is 1. The standard InChI is InChI=1S/C22H30N2O5/c1-14(20(27)23-21(2,3)4)24-11-10-22(9-8-19(24)26)13-17(25)16-7-6-15(28-5)12-18(16)29-22/h6-7,12,14H,8-11,13H2,1-5H3,(H,23,27). The lowest BCUT2D eigenvalue weighted by atomic mass is 9.84. The van der Waals surface area contributed by atoms with Crippen molar-refractivity contribution in [3.8, 4) is 11.5 Å². The fourth-order valence-electron chi connectivity index (χ4n) is 3.96. The highest BCUT2D eigenvalue weighted by Crippen LogP contribution is 2.41. The number of methoxy groups -OCH3 is 1. The summed E-state index contributed by atoms with van der Waals surface area (Å²) < 4.78 is 11.5. The molecule has 158 valence electrons. The summed E-state index contributed by atoms with van der Waals surface area (Å²) in [5.41, 5.74) is -0.564. The van der Waals surface area contributed by atoms with Gasteiger partial charge in [-0.1, -0.05) is 0 Å². The highest BCUT2D eigenvalue weighted by Gasteiger charge is 2.44. The molecule has 2 amide bonds. The van der Waals surface area contributed by atoms with Crippen LogP contribution in [0.1, 0.15) is 63.7 Å². The molecule has 1 aromatic rings. The Balaban J connectivity index is 1.78. The van der Waals surface area contributed by atoms with Crippen LogP contribution in [0.3, 0.4) is 0 Å². The molecule has 3 rings (SSSR count). The van der Waals surface area contributed by atoms with E-state index < -0.39 is 11.6 Å². The first-order chi connectivity index (χ1) is 13.5. The number of hydrogen-bond acceptors (Lipinski definition) is 5. The van der Waals surface area contributed by atoms with Crippen molar-refractivity contribution >= 4 is 17.6 Å². The van der Waals surface area contributed by atoms with Crippen molar-refractivity contribution in [2.45, 2.75) is 70.6 Å². The molecule has 1 N–H and O–H groups in total. The van der Waals surface area contributed by atoms with E-state index in [1.54, 1.807) is 37.1 Å². The Hall–Kier alpha value is -2.57. The van der Waals surface area contributed by atoms with Gasteiger partial charge in [-0.05, 0) is 46.2 Å². The molecular formula is C22H30N2O5. The van der Waals surface area contributed by atoms with Crippen LogP contribution in [0.5, 0.6) is 11.5 Å². The van der Waals surface area contributed by atoms with E-state index in [0.717, 1.165) is 0 Å². The van der Waals surface area contributed by atoms with Gasteiger partial charge in [0, 0.05) is 31.0 Å². The minimum atomic E-state index is -0.735. The van der Waals surface area contributed by atoms with Crippen LogP contribution >= 0.6 is 0 Å². The molecule has 2 aliphatic rings. The van der Waals surface area contributed by atoms with E-state index in [1.807, 2.05) is 20.8 Å². The van der Waals surface area contributed by atoms with Gasteiger partial charge in [0.2, 0.25) is 11.8 Å². The highest BCUT2D eigenvalue weighted by molar-refractivity contribution is 6.00. The zero-order valence-corrected chi connectivity index (χ0v) is 17.8. The van der Waals surface area contributed by atoms with Gasteiger partial charge < -0.3 is 19.7 Å². The van der Waals surface area contributed by atoms with E-state index in [9.17, 15) is 14.4 Å². The molecule has 1 fully saturated rings. The van der Waals surface area contributed by atoms with Crippen molar-refractivity contribution in [3.05, 3.63) is 23.8 Å². The van der Waals surface area contributed by atoms with E-state index in [0.29, 0.717) is 36.4 Å². The van der Waals surface area contributed by atoms with Crippen molar-refractivity contribution in [1.82, 2.24) is 10.2 Å². The van der Waals surface area contributed by atoms with E-state index >= 15 is 0 Å². The third-order valence-electron chi connectivity index (χ3n) is 5.57. The van der Waals surface area contributed by atoms with Crippen LogP contribution in [0, 0.1) is 0 Å². The lowest BCUT2D eigenvalue weighted by molar-refractivity contribution is -0.140. The summed E-state index contributed by atoms with van der Waals surface area (Å²) in [4.78, 5) is 39.7. The predicted octanol–water partition coefficient (Wildman–Crippen LogP) is 2.71. The number of rotatable bonds is 3. The zero-order valence-electron chi connectivity index (χ0n) is 17.8. The zero-order chi connectivity index (χ0) is 21.4. The van der Waals surface area contributed by atoms with Gasteiger partial charge in [-0.2, -0.15) is 0 Å². The van der Waals surface area contributed by atoms with Crippen molar-refractivity contribution in [2.75, 3.05) is 13.7 Å². The molecule has 2 atom stereocenters. The maximum Gasteiger partial charge on any atom is 0.242 e. The maximum atomic E-state index is 12.8. The molecule has 2 aliphatic heterocycles. The van der Waals surface area contributed by atoms with Crippen LogP contribution in [-0.2, 0) is 9.59 Å². The summed E-state index contributed by atoms with van der Waals surface area (Å²) in [6.45, 7) is 7.83. The Morgan fingerprint density at radius 2 is 2.00 bits per heavy atom. The van der Waals surface area contributed by atoms with Crippen molar-refractivity contribution < 1.29 is 23.9 Å². The third-order valence-corrected chi connectivity index (χ3v) is 5.57. The quantitative estimate of drug-likeness (QED) is 0.840. The van der Waals surface area contributed by atoms with Crippen molar-refractivity contribution in [1.29, 1.82) is 0 Å². The Morgan fingerprint density at radius 3 is 2.66 bits per heavy atom. The molecule has 29 heavy (non-hydrogen) atoms. The monoisotopic (exact) mass is 402 g/mol. The number of carbonyl (C=O) groups is 3. The topological polar surface area (TPSA) is 84.9 Å². The summed E-state index contributed by atoms with van der Waals surface area (Å²) in [6, 6.07) is 4.60. The Bertz CT molecular complexity index is 829. The third kappa shape index (κ3) is 4.54. The van der Waals surface area contributed by atoms with E-state index in [1.165, 1.54) is 0 Å². The van der Waals surface area contributed by atoms with Gasteiger partial charge in [-0.3, -0.25) is 14.4 Å². The molecule has 0 radical (unpaired) electrons. The number of nitrogens with one attached hydrogen (secondary N) is 1. The number of ether oxygens (including phenoxy) is 2. The molecule has 0 bridgehead atoms. The van der Waals surface area contributed by atoms with E-state index in [4.69, 9.17) is 9.47 Å². The molecule has 2 heterocycles. The van der Waals surface area contributed by atoms with Gasteiger partial charge in [0.05, 0.1) is 19.1 Å². The fraction of sp³-hybridized carbons (Fsp3) is 0.591. The average Bonchev–Trinajstić information content (AvgIpc) is 2.78. The van der Waals surface area contributed by atoms with Gasteiger partial charge in [-0.15, -0.1) is 0 Å². The minimum absolute atomic E-state index is 0.00771. The first-order valence-electron chi connectivity index (χ1n) is 10.1. The molecule has 0 saturated carbocycles. The molecule has 2 unspecified atom stereocenters. The fourth-order valence-corrected chi connectivity index (χ4v) is 3.96. The minimum Gasteiger partial charge on any atom is -0.497 e. The Morgan fingerprint density at radius 1 is 1.28 bits per heavy atom. The number of ketones is 1. The van der Waals surface area contributed by atoms with Crippen LogP contribution in [0.2, 0.25) is 0 Å². The number of likely N-dealkylation sites (tertiary alicyclic amines) is 1. The normalized spacial score (nSPS) is 23.1. The van der Waals surface area contributed by atoms with Gasteiger partial charge in [-0.25, -0.2) is 0 Å². The second kappa shape index (κ2) is 7.69. The van der Waals surface area contributed by atoms with E-state index in [2.05, 4.69) is 5.32 Å². The average molecular weight is 402 g/mol. The van der Waals surface area contributed by atoms with Gasteiger partial charge in [0.15, 0.2) is 5.78 Å². The number of hydrogen-bond donors (Lipinski definition) is 1. The number of amides is 2. The first kappa shape index (κ1) is 21.1. The second-order valence-corrected chi connectivity index (χ2v) is 9.00. The van der Waals surface area contributed by atoms with Crippen molar-refractivity contribution in [3.63, 3.8) is 0 Å². The van der Waals surface area contributed by atoms with Crippen LogP contribution in [0.25, 0.3) is 0 Å². The van der Waals surface area contributed by atoms with E-state index in [-0.39, 0.29) is 36.0 Å². The largest absolute Gasteiger partial charge is 0.497 e. The molecule has 1 spiro atoms. The van der Waals surface area contributed by atoms with Crippen LogP contribution in [-0.4, -0.2) is 53.3 Å². The molecule has 0 aliphatic carbocycles. The highest BCUT2D eigenvalue weighted by atomic mass is 16.5. The maximum absolute atomic E-state index is 12.8. The smallest absolute Gasteiger partial charge is 0.242 e. The van der Waals surface area contributed by atoms with Crippen LogP contribution in [0.15, 0.2) is 18.2 Å². The molecule has 7 heteroatoms. The number of nitrogens with zero attached hydrogens (tertiary/aromatic N) is 1. The Kier molecular flexibility index (Phi) is 5.61. The predicted molar refractivity (Wildman–Crippen MR) is 108 cm³/mol. The Labute approximate surface area is 171 Å². The van der Waals surface area contributed by atoms with Gasteiger partial charge in [0.25, 0.3) is 0 Å². The number of benzene rings is 1. The van der Waals surface area contributed by atoms with Crippen LogP contribution in [0.4, 0.5) is 0 Å². The number of Topliss-reactive ketones (excluding diaryl/α,β-unsaturated/α-hetero) is 1. The summed E-state index contributed by atoms with van der Waals surface area (Å²) in [7, 11) is 1.56. The molecule has 0 aromatic heterocycles. The van der Waals surface area contributed by atoms with Crippen molar-refractivity contribution in [2.24, 2.45) is 0 Å².